The highest BCUT2D eigenvalue weighted by molar-refractivity contribution is 5.42. The van der Waals surface area contributed by atoms with Crippen molar-refractivity contribution in [3.05, 3.63) is 34.6 Å². The number of allylic oxidation sites excluding steroid dienone is 5. The van der Waals surface area contributed by atoms with Crippen molar-refractivity contribution >= 4 is 0 Å². The Morgan fingerprint density at radius 2 is 1.73 bits per heavy atom. The Bertz CT molecular complexity index is 318. The SMILES string of the molecule is C=C(C)/C(C)=C(\C)C1=C(OC)CCCC1. The van der Waals surface area contributed by atoms with Crippen LogP contribution in [0.5, 0.6) is 0 Å². The second kappa shape index (κ2) is 5.20. The Morgan fingerprint density at radius 1 is 1.13 bits per heavy atom. The minimum Gasteiger partial charge on any atom is -0.501 e. The topological polar surface area (TPSA) is 9.23 Å². The molecule has 0 heterocycles. The summed E-state index contributed by atoms with van der Waals surface area (Å²) in [6, 6.07) is 0. The van der Waals surface area contributed by atoms with Crippen molar-refractivity contribution in [1.29, 1.82) is 0 Å². The molecule has 0 N–H and O–H groups in total. The Kier molecular flexibility index (Phi) is 4.19. The molecule has 15 heavy (non-hydrogen) atoms. The van der Waals surface area contributed by atoms with Crippen LogP contribution in [0.2, 0.25) is 0 Å². The lowest BCUT2D eigenvalue weighted by molar-refractivity contribution is 0.261. The standard InChI is InChI=1S/C14H22O/c1-10(2)11(3)12(4)13-8-6-7-9-14(13)15-5/h1,6-9H2,2-5H3/b12-11+. The van der Waals surface area contributed by atoms with Crippen molar-refractivity contribution in [3.63, 3.8) is 0 Å². The zero-order chi connectivity index (χ0) is 11.4. The van der Waals surface area contributed by atoms with E-state index in [1.165, 1.54) is 35.3 Å². The number of ether oxygens (including phenoxy) is 1. The lowest BCUT2D eigenvalue weighted by atomic mass is 9.89. The highest BCUT2D eigenvalue weighted by Crippen LogP contribution is 2.32. The van der Waals surface area contributed by atoms with Crippen LogP contribution in [0, 0.1) is 0 Å². The van der Waals surface area contributed by atoms with Crippen LogP contribution >= 0.6 is 0 Å². The van der Waals surface area contributed by atoms with Gasteiger partial charge < -0.3 is 4.74 Å². The summed E-state index contributed by atoms with van der Waals surface area (Å²) < 4.78 is 5.47. The fraction of sp³-hybridized carbons (Fsp3) is 0.571. The first kappa shape index (κ1) is 12.1. The molecule has 84 valence electrons. The Labute approximate surface area is 93.5 Å². The number of hydrogen-bond acceptors (Lipinski definition) is 1. The van der Waals surface area contributed by atoms with Crippen LogP contribution in [0.4, 0.5) is 0 Å². The van der Waals surface area contributed by atoms with Gasteiger partial charge in [0.25, 0.3) is 0 Å². The second-order valence-corrected chi connectivity index (χ2v) is 4.34. The van der Waals surface area contributed by atoms with E-state index < -0.39 is 0 Å². The molecule has 0 aromatic heterocycles. The van der Waals surface area contributed by atoms with E-state index in [-0.39, 0.29) is 0 Å². The molecule has 1 aliphatic rings. The molecule has 0 radical (unpaired) electrons. The minimum absolute atomic E-state index is 1.09. The van der Waals surface area contributed by atoms with Gasteiger partial charge in [-0.1, -0.05) is 12.2 Å². The van der Waals surface area contributed by atoms with Crippen molar-refractivity contribution < 1.29 is 4.74 Å². The van der Waals surface area contributed by atoms with Gasteiger partial charge in [0.2, 0.25) is 0 Å². The molecule has 0 aliphatic heterocycles. The minimum atomic E-state index is 1.09. The van der Waals surface area contributed by atoms with Crippen LogP contribution in [0.3, 0.4) is 0 Å². The molecule has 0 fully saturated rings. The molecule has 1 heteroatoms. The highest BCUT2D eigenvalue weighted by Gasteiger charge is 2.15. The molecule has 0 saturated heterocycles. The van der Waals surface area contributed by atoms with Gasteiger partial charge in [-0.25, -0.2) is 0 Å². The molecule has 0 atom stereocenters. The Balaban J connectivity index is 3.09. The van der Waals surface area contributed by atoms with Gasteiger partial charge in [-0.15, -0.1) is 0 Å². The predicted octanol–water partition coefficient (Wildman–Crippen LogP) is 4.37. The normalized spacial score (nSPS) is 18.7. The van der Waals surface area contributed by atoms with Crippen molar-refractivity contribution in [2.24, 2.45) is 0 Å². The van der Waals surface area contributed by atoms with Crippen molar-refractivity contribution in [2.45, 2.75) is 46.5 Å². The number of methoxy groups -OCH3 is 1. The summed E-state index contributed by atoms with van der Waals surface area (Å²) in [5.41, 5.74) is 5.23. The van der Waals surface area contributed by atoms with Gasteiger partial charge in [-0.05, 0) is 56.8 Å². The summed E-state index contributed by atoms with van der Waals surface area (Å²) in [5.74, 6) is 1.18. The zero-order valence-corrected chi connectivity index (χ0v) is 10.4. The summed E-state index contributed by atoms with van der Waals surface area (Å²) in [6.45, 7) is 10.4. The van der Waals surface area contributed by atoms with E-state index in [4.69, 9.17) is 4.74 Å². The molecular weight excluding hydrogens is 184 g/mol. The second-order valence-electron chi connectivity index (χ2n) is 4.34. The van der Waals surface area contributed by atoms with Gasteiger partial charge in [0.05, 0.1) is 12.9 Å². The van der Waals surface area contributed by atoms with E-state index in [9.17, 15) is 0 Å². The molecule has 0 unspecified atom stereocenters. The maximum Gasteiger partial charge on any atom is 0.0990 e. The Morgan fingerprint density at radius 3 is 2.27 bits per heavy atom. The Hall–Kier alpha value is -0.980. The van der Waals surface area contributed by atoms with Crippen LogP contribution in [0.25, 0.3) is 0 Å². The maximum atomic E-state index is 5.47. The monoisotopic (exact) mass is 206 g/mol. The van der Waals surface area contributed by atoms with Crippen LogP contribution in [-0.2, 0) is 4.74 Å². The van der Waals surface area contributed by atoms with Gasteiger partial charge in [-0.2, -0.15) is 0 Å². The molecular formula is C14H22O. The van der Waals surface area contributed by atoms with E-state index in [1.54, 1.807) is 7.11 Å². The molecule has 0 aromatic rings. The molecule has 1 rings (SSSR count). The van der Waals surface area contributed by atoms with Crippen LogP contribution < -0.4 is 0 Å². The predicted molar refractivity (Wildman–Crippen MR) is 65.7 cm³/mol. The van der Waals surface area contributed by atoms with Gasteiger partial charge in [0.1, 0.15) is 0 Å². The van der Waals surface area contributed by atoms with E-state index >= 15 is 0 Å². The van der Waals surface area contributed by atoms with Crippen LogP contribution in [0.15, 0.2) is 34.6 Å². The number of rotatable bonds is 3. The average Bonchev–Trinajstić information content (AvgIpc) is 2.26. The molecule has 1 nitrogen and oxygen atoms in total. The first-order valence-corrected chi connectivity index (χ1v) is 5.67. The lowest BCUT2D eigenvalue weighted by Crippen LogP contribution is -2.04. The fourth-order valence-corrected chi connectivity index (χ4v) is 2.05. The average molecular weight is 206 g/mol. The molecule has 0 saturated carbocycles. The summed E-state index contributed by atoms with van der Waals surface area (Å²) in [5, 5.41) is 0. The van der Waals surface area contributed by atoms with Crippen molar-refractivity contribution in [3.8, 4) is 0 Å². The highest BCUT2D eigenvalue weighted by atomic mass is 16.5. The fourth-order valence-electron chi connectivity index (χ4n) is 2.05. The van der Waals surface area contributed by atoms with Crippen molar-refractivity contribution in [1.82, 2.24) is 0 Å². The van der Waals surface area contributed by atoms with Crippen LogP contribution in [0.1, 0.15) is 46.5 Å². The summed E-state index contributed by atoms with van der Waals surface area (Å²) >= 11 is 0. The van der Waals surface area contributed by atoms with Crippen LogP contribution in [-0.4, -0.2) is 7.11 Å². The lowest BCUT2D eigenvalue weighted by Gasteiger charge is -2.21. The molecule has 0 spiro atoms. The van der Waals surface area contributed by atoms with E-state index in [2.05, 4.69) is 27.4 Å². The molecule has 0 amide bonds. The first-order chi connectivity index (χ1) is 7.07. The van der Waals surface area contributed by atoms with E-state index in [0.29, 0.717) is 0 Å². The van der Waals surface area contributed by atoms with Crippen molar-refractivity contribution in [2.75, 3.05) is 7.11 Å². The zero-order valence-electron chi connectivity index (χ0n) is 10.4. The summed E-state index contributed by atoms with van der Waals surface area (Å²) in [4.78, 5) is 0. The quantitative estimate of drug-likeness (QED) is 0.623. The smallest absolute Gasteiger partial charge is 0.0990 e. The molecule has 0 bridgehead atoms. The molecule has 0 aromatic carbocycles. The maximum absolute atomic E-state index is 5.47. The largest absolute Gasteiger partial charge is 0.501 e. The first-order valence-electron chi connectivity index (χ1n) is 5.67. The van der Waals surface area contributed by atoms with E-state index in [1.807, 2.05) is 0 Å². The van der Waals surface area contributed by atoms with Gasteiger partial charge in [0.15, 0.2) is 0 Å². The summed E-state index contributed by atoms with van der Waals surface area (Å²) in [6.07, 6.45) is 4.78. The third-order valence-corrected chi connectivity index (χ3v) is 3.32. The van der Waals surface area contributed by atoms with Gasteiger partial charge in [0, 0.05) is 6.42 Å². The third kappa shape index (κ3) is 2.74. The van der Waals surface area contributed by atoms with Gasteiger partial charge >= 0.3 is 0 Å². The van der Waals surface area contributed by atoms with E-state index in [0.717, 1.165) is 18.4 Å². The number of hydrogen-bond donors (Lipinski definition) is 0. The van der Waals surface area contributed by atoms with Gasteiger partial charge in [-0.3, -0.25) is 0 Å². The summed E-state index contributed by atoms with van der Waals surface area (Å²) in [7, 11) is 1.78. The third-order valence-electron chi connectivity index (χ3n) is 3.32. The molecule has 1 aliphatic carbocycles.